The van der Waals surface area contributed by atoms with Gasteiger partial charge in [0.25, 0.3) is 5.91 Å². The fourth-order valence-electron chi connectivity index (χ4n) is 3.41. The highest BCUT2D eigenvalue weighted by Crippen LogP contribution is 2.16. The van der Waals surface area contributed by atoms with Gasteiger partial charge in [0.1, 0.15) is 5.82 Å². The molecule has 3 heterocycles. The smallest absolute Gasteiger partial charge is 0.254 e. The van der Waals surface area contributed by atoms with Crippen molar-refractivity contribution in [3.05, 3.63) is 60.4 Å². The highest BCUT2D eigenvalue weighted by atomic mass is 16.5. The van der Waals surface area contributed by atoms with Crippen LogP contribution in [-0.4, -0.2) is 53.2 Å². The fourth-order valence-corrected chi connectivity index (χ4v) is 3.41. The second kappa shape index (κ2) is 8.22. The molecule has 0 saturated carbocycles. The second-order valence-corrected chi connectivity index (χ2v) is 6.68. The molecular formula is C21H24N4O2. The molecule has 6 heteroatoms. The third-order valence-corrected chi connectivity index (χ3v) is 4.87. The molecule has 6 nitrogen and oxygen atoms in total. The van der Waals surface area contributed by atoms with Crippen molar-refractivity contribution in [3.8, 4) is 0 Å². The minimum Gasteiger partial charge on any atom is -0.378 e. The number of rotatable bonds is 6. The zero-order valence-electron chi connectivity index (χ0n) is 15.3. The maximum Gasteiger partial charge on any atom is 0.254 e. The van der Waals surface area contributed by atoms with Crippen molar-refractivity contribution in [1.29, 1.82) is 0 Å². The molecule has 0 unspecified atom stereocenters. The maximum absolute atomic E-state index is 12.6. The van der Waals surface area contributed by atoms with Crippen LogP contribution >= 0.6 is 0 Å². The summed E-state index contributed by atoms with van der Waals surface area (Å²) in [6, 6.07) is 14.2. The lowest BCUT2D eigenvalue weighted by atomic mass is 10.2. The average molecular weight is 364 g/mol. The summed E-state index contributed by atoms with van der Waals surface area (Å²) in [5.41, 5.74) is 1.93. The lowest BCUT2D eigenvalue weighted by Crippen LogP contribution is -2.40. The molecule has 0 aliphatic carbocycles. The number of para-hydroxylation sites is 1. The normalized spacial score (nSPS) is 14.4. The predicted octanol–water partition coefficient (Wildman–Crippen LogP) is 3.01. The van der Waals surface area contributed by atoms with Crippen molar-refractivity contribution in [1.82, 2.24) is 14.5 Å². The van der Waals surface area contributed by atoms with Crippen LogP contribution in [0.25, 0.3) is 10.9 Å². The first-order chi connectivity index (χ1) is 13.3. The van der Waals surface area contributed by atoms with Gasteiger partial charge in [0.05, 0.1) is 13.2 Å². The predicted molar refractivity (Wildman–Crippen MR) is 106 cm³/mol. The number of pyridine rings is 1. The number of ether oxygens (including phenoxy) is 1. The molecule has 3 aromatic rings. The second-order valence-electron chi connectivity index (χ2n) is 6.68. The highest BCUT2D eigenvalue weighted by Gasteiger charge is 2.18. The van der Waals surface area contributed by atoms with Gasteiger partial charge in [-0.3, -0.25) is 4.79 Å². The number of hydrogen-bond acceptors (Lipinski definition) is 4. The number of aromatic nitrogens is 2. The summed E-state index contributed by atoms with van der Waals surface area (Å²) in [4.78, 5) is 18.7. The van der Waals surface area contributed by atoms with E-state index in [1.807, 2.05) is 11.0 Å². The first kappa shape index (κ1) is 17.5. The summed E-state index contributed by atoms with van der Waals surface area (Å²) in [5.74, 6) is 0.786. The van der Waals surface area contributed by atoms with Crippen molar-refractivity contribution < 1.29 is 9.53 Å². The first-order valence-electron chi connectivity index (χ1n) is 9.42. The van der Waals surface area contributed by atoms with Crippen molar-refractivity contribution in [3.63, 3.8) is 0 Å². The van der Waals surface area contributed by atoms with Gasteiger partial charge in [-0.2, -0.15) is 0 Å². The van der Waals surface area contributed by atoms with Gasteiger partial charge in [-0.15, -0.1) is 0 Å². The maximum atomic E-state index is 12.6. The van der Waals surface area contributed by atoms with Crippen LogP contribution in [0.4, 0.5) is 5.82 Å². The van der Waals surface area contributed by atoms with Crippen molar-refractivity contribution in [2.45, 2.75) is 13.0 Å². The summed E-state index contributed by atoms with van der Waals surface area (Å²) in [6.07, 6.45) is 4.79. The minimum atomic E-state index is 0.0440. The Kier molecular flexibility index (Phi) is 5.34. The van der Waals surface area contributed by atoms with E-state index in [1.165, 1.54) is 10.9 Å². The summed E-state index contributed by atoms with van der Waals surface area (Å²) >= 11 is 0. The molecule has 2 aromatic heterocycles. The Morgan fingerprint density at radius 2 is 2.00 bits per heavy atom. The van der Waals surface area contributed by atoms with Crippen LogP contribution in [0, 0.1) is 0 Å². The van der Waals surface area contributed by atoms with Gasteiger partial charge in [0, 0.05) is 49.7 Å². The fraction of sp³-hybridized carbons (Fsp3) is 0.333. The third kappa shape index (κ3) is 4.11. The monoisotopic (exact) mass is 364 g/mol. The van der Waals surface area contributed by atoms with E-state index in [0.29, 0.717) is 31.9 Å². The Labute approximate surface area is 158 Å². The summed E-state index contributed by atoms with van der Waals surface area (Å²) in [5, 5.41) is 4.60. The molecule has 1 aromatic carbocycles. The Bertz CT molecular complexity index is 915. The largest absolute Gasteiger partial charge is 0.378 e. The standard InChI is InChI=1S/C21H24N4O2/c26-21(25-12-14-27-15-13-25)18-6-9-23-20(16-18)22-8-3-10-24-11-7-17-4-1-2-5-19(17)24/h1-2,4-7,9,11,16H,3,8,10,12-15H2,(H,22,23). The topological polar surface area (TPSA) is 59.4 Å². The molecule has 0 spiro atoms. The third-order valence-electron chi connectivity index (χ3n) is 4.87. The Hall–Kier alpha value is -2.86. The van der Waals surface area contributed by atoms with E-state index in [9.17, 15) is 4.79 Å². The minimum absolute atomic E-state index is 0.0440. The number of nitrogens with zero attached hydrogens (tertiary/aromatic N) is 3. The molecular weight excluding hydrogens is 340 g/mol. The van der Waals surface area contributed by atoms with Crippen LogP contribution in [0.3, 0.4) is 0 Å². The number of anilines is 1. The highest BCUT2D eigenvalue weighted by molar-refractivity contribution is 5.94. The Morgan fingerprint density at radius 3 is 2.89 bits per heavy atom. The average Bonchev–Trinajstić information content (AvgIpc) is 3.15. The molecule has 1 aliphatic rings. The summed E-state index contributed by atoms with van der Waals surface area (Å²) < 4.78 is 7.58. The zero-order valence-corrected chi connectivity index (χ0v) is 15.3. The van der Waals surface area contributed by atoms with Gasteiger partial charge < -0.3 is 19.5 Å². The van der Waals surface area contributed by atoms with E-state index >= 15 is 0 Å². The van der Waals surface area contributed by atoms with Crippen LogP contribution in [0.2, 0.25) is 0 Å². The number of carbonyl (C=O) groups excluding carboxylic acids is 1. The van der Waals surface area contributed by atoms with Crippen LogP contribution in [-0.2, 0) is 11.3 Å². The van der Waals surface area contributed by atoms with E-state index in [1.54, 1.807) is 12.3 Å². The molecule has 0 atom stereocenters. The molecule has 1 N–H and O–H groups in total. The van der Waals surface area contributed by atoms with E-state index in [0.717, 1.165) is 25.3 Å². The molecule has 27 heavy (non-hydrogen) atoms. The molecule has 1 saturated heterocycles. The van der Waals surface area contributed by atoms with Crippen molar-refractivity contribution in [2.75, 3.05) is 38.2 Å². The Balaban J connectivity index is 1.31. The van der Waals surface area contributed by atoms with Gasteiger partial charge in [-0.25, -0.2) is 4.98 Å². The molecule has 4 rings (SSSR count). The zero-order chi connectivity index (χ0) is 18.5. The number of benzene rings is 1. The summed E-state index contributed by atoms with van der Waals surface area (Å²) in [7, 11) is 0. The van der Waals surface area contributed by atoms with Gasteiger partial charge in [-0.1, -0.05) is 18.2 Å². The lowest BCUT2D eigenvalue weighted by Gasteiger charge is -2.26. The van der Waals surface area contributed by atoms with Crippen LogP contribution in [0.15, 0.2) is 54.9 Å². The van der Waals surface area contributed by atoms with Crippen molar-refractivity contribution >= 4 is 22.6 Å². The number of morpholine rings is 1. The number of hydrogen-bond donors (Lipinski definition) is 1. The van der Waals surface area contributed by atoms with Gasteiger partial charge >= 0.3 is 0 Å². The number of fused-ring (bicyclic) bond motifs is 1. The van der Waals surface area contributed by atoms with Gasteiger partial charge in [0.2, 0.25) is 0 Å². The van der Waals surface area contributed by atoms with Crippen molar-refractivity contribution in [2.24, 2.45) is 0 Å². The van der Waals surface area contributed by atoms with E-state index in [4.69, 9.17) is 4.74 Å². The number of nitrogens with one attached hydrogen (secondary N) is 1. The molecule has 1 fully saturated rings. The number of amides is 1. The molecule has 0 radical (unpaired) electrons. The van der Waals surface area contributed by atoms with Gasteiger partial charge in [-0.05, 0) is 36.1 Å². The van der Waals surface area contributed by atoms with Crippen LogP contribution in [0.5, 0.6) is 0 Å². The van der Waals surface area contributed by atoms with E-state index in [2.05, 4.69) is 51.4 Å². The van der Waals surface area contributed by atoms with E-state index < -0.39 is 0 Å². The number of carbonyl (C=O) groups is 1. The first-order valence-corrected chi connectivity index (χ1v) is 9.42. The Morgan fingerprint density at radius 1 is 1.15 bits per heavy atom. The molecule has 140 valence electrons. The van der Waals surface area contributed by atoms with E-state index in [-0.39, 0.29) is 5.91 Å². The summed E-state index contributed by atoms with van der Waals surface area (Å²) in [6.45, 7) is 4.25. The SMILES string of the molecule is O=C(c1ccnc(NCCCn2ccc3ccccc32)c1)N1CCOCC1. The molecule has 1 aliphatic heterocycles. The molecule has 0 bridgehead atoms. The van der Waals surface area contributed by atoms with Crippen LogP contribution in [0.1, 0.15) is 16.8 Å². The van der Waals surface area contributed by atoms with Crippen LogP contribution < -0.4 is 5.32 Å². The van der Waals surface area contributed by atoms with Gasteiger partial charge in [0.15, 0.2) is 0 Å². The lowest BCUT2D eigenvalue weighted by molar-refractivity contribution is 0.0303. The number of aryl methyl sites for hydroxylation is 1. The quantitative estimate of drug-likeness (QED) is 0.683. The molecule has 1 amide bonds.